The molecule has 0 unspecified atom stereocenters. The van der Waals surface area contributed by atoms with E-state index < -0.39 is 17.8 Å². The van der Waals surface area contributed by atoms with Crippen molar-refractivity contribution in [2.24, 2.45) is 0 Å². The lowest BCUT2D eigenvalue weighted by atomic mass is 10.1. The molecule has 1 aliphatic heterocycles. The van der Waals surface area contributed by atoms with E-state index in [9.17, 15) is 14.4 Å². The molecule has 33 heavy (non-hydrogen) atoms. The molecule has 1 heterocycles. The van der Waals surface area contributed by atoms with Crippen molar-refractivity contribution in [3.63, 3.8) is 0 Å². The highest BCUT2D eigenvalue weighted by atomic mass is 35.5. The fraction of sp³-hybridized carbons (Fsp3) is 0.0800. The maximum absolute atomic E-state index is 13.0. The third-order valence-corrected chi connectivity index (χ3v) is 5.60. The van der Waals surface area contributed by atoms with Gasteiger partial charge in [-0.05, 0) is 67.9 Å². The van der Waals surface area contributed by atoms with E-state index in [1.807, 2.05) is 26.0 Å². The summed E-state index contributed by atoms with van der Waals surface area (Å²) in [6.45, 7) is 3.75. The van der Waals surface area contributed by atoms with Gasteiger partial charge in [0, 0.05) is 10.7 Å². The van der Waals surface area contributed by atoms with Gasteiger partial charge in [0.05, 0.1) is 11.3 Å². The second-order valence-corrected chi connectivity index (χ2v) is 8.29. The molecule has 4 rings (SSSR count). The van der Waals surface area contributed by atoms with Crippen molar-refractivity contribution in [3.8, 4) is 5.75 Å². The number of halogens is 2. The Kier molecular flexibility index (Phi) is 6.22. The van der Waals surface area contributed by atoms with Gasteiger partial charge >= 0.3 is 5.97 Å². The van der Waals surface area contributed by atoms with E-state index in [1.54, 1.807) is 36.4 Å². The molecule has 0 radical (unpaired) electrons. The number of rotatable bonds is 5. The second-order valence-electron chi connectivity index (χ2n) is 7.47. The number of carbonyl (C=O) groups is 3. The third-order valence-electron chi connectivity index (χ3n) is 5.02. The van der Waals surface area contributed by atoms with Gasteiger partial charge in [-0.1, -0.05) is 47.0 Å². The summed E-state index contributed by atoms with van der Waals surface area (Å²) in [5.41, 5.74) is 3.02. The molecule has 3 aromatic carbocycles. The Morgan fingerprint density at radius 1 is 0.909 bits per heavy atom. The predicted molar refractivity (Wildman–Crippen MR) is 128 cm³/mol. The fourth-order valence-corrected chi connectivity index (χ4v) is 3.81. The molecule has 166 valence electrons. The van der Waals surface area contributed by atoms with Crippen molar-refractivity contribution < 1.29 is 19.1 Å². The number of hydrogen-bond acceptors (Lipinski definition) is 5. The van der Waals surface area contributed by atoms with Crippen LogP contribution in [0.15, 0.2) is 77.5 Å². The van der Waals surface area contributed by atoms with Crippen LogP contribution in [0.3, 0.4) is 0 Å². The lowest BCUT2D eigenvalue weighted by Crippen LogP contribution is -2.32. The standard InChI is InChI=1S/C25H18Cl2N2O4/c1-14-6-11-20(15(2)12-14)29-23(30)21(27)22(24(29)31)28-18-9-7-16(8-10-18)25(32)33-19-5-3-4-17(26)13-19/h3-13,28H,1-2H3. The van der Waals surface area contributed by atoms with Gasteiger partial charge in [-0.25, -0.2) is 9.69 Å². The molecule has 2 amide bonds. The Labute approximate surface area is 200 Å². The number of imide groups is 1. The van der Waals surface area contributed by atoms with Crippen LogP contribution in [-0.4, -0.2) is 17.8 Å². The Morgan fingerprint density at radius 3 is 2.30 bits per heavy atom. The maximum Gasteiger partial charge on any atom is 0.343 e. The number of ether oxygens (including phenoxy) is 1. The van der Waals surface area contributed by atoms with E-state index in [2.05, 4.69) is 5.32 Å². The van der Waals surface area contributed by atoms with Crippen molar-refractivity contribution in [2.75, 3.05) is 10.2 Å². The van der Waals surface area contributed by atoms with Crippen molar-refractivity contribution >= 4 is 52.4 Å². The molecule has 0 saturated heterocycles. The fourth-order valence-electron chi connectivity index (χ4n) is 3.42. The number of amides is 2. The summed E-state index contributed by atoms with van der Waals surface area (Å²) < 4.78 is 5.31. The Morgan fingerprint density at radius 2 is 1.64 bits per heavy atom. The second kappa shape index (κ2) is 9.10. The first-order valence-corrected chi connectivity index (χ1v) is 10.7. The quantitative estimate of drug-likeness (QED) is 0.291. The number of nitrogens with zero attached hydrogens (tertiary/aromatic N) is 1. The van der Waals surface area contributed by atoms with Gasteiger partial charge in [0.1, 0.15) is 16.5 Å². The van der Waals surface area contributed by atoms with Crippen LogP contribution in [0.25, 0.3) is 0 Å². The highest BCUT2D eigenvalue weighted by Gasteiger charge is 2.39. The first kappa shape index (κ1) is 22.6. The zero-order chi connectivity index (χ0) is 23.7. The van der Waals surface area contributed by atoms with Crippen LogP contribution in [0.1, 0.15) is 21.5 Å². The summed E-state index contributed by atoms with van der Waals surface area (Å²) in [5, 5.41) is 3.14. The van der Waals surface area contributed by atoms with E-state index in [0.29, 0.717) is 27.7 Å². The number of hydrogen-bond donors (Lipinski definition) is 1. The monoisotopic (exact) mass is 480 g/mol. The van der Waals surface area contributed by atoms with E-state index in [4.69, 9.17) is 27.9 Å². The Balaban J connectivity index is 1.50. The smallest absolute Gasteiger partial charge is 0.343 e. The number of benzene rings is 3. The highest BCUT2D eigenvalue weighted by molar-refractivity contribution is 6.53. The first-order valence-electron chi connectivity index (χ1n) is 9.95. The largest absolute Gasteiger partial charge is 0.423 e. The summed E-state index contributed by atoms with van der Waals surface area (Å²) in [4.78, 5) is 39.1. The molecule has 0 atom stereocenters. The van der Waals surface area contributed by atoms with Crippen LogP contribution in [0, 0.1) is 13.8 Å². The molecule has 3 aromatic rings. The molecular formula is C25H18Cl2N2O4. The number of esters is 1. The topological polar surface area (TPSA) is 75.7 Å². The third kappa shape index (κ3) is 4.62. The minimum Gasteiger partial charge on any atom is -0.423 e. The molecule has 1 N–H and O–H groups in total. The molecule has 0 aliphatic carbocycles. The number of aryl methyl sites for hydroxylation is 2. The number of anilines is 2. The van der Waals surface area contributed by atoms with Crippen LogP contribution in [0.2, 0.25) is 5.02 Å². The van der Waals surface area contributed by atoms with Crippen LogP contribution in [0.5, 0.6) is 5.75 Å². The Bertz CT molecular complexity index is 1320. The van der Waals surface area contributed by atoms with E-state index in [0.717, 1.165) is 16.0 Å². The van der Waals surface area contributed by atoms with Crippen LogP contribution < -0.4 is 15.0 Å². The molecule has 0 fully saturated rings. The molecule has 0 saturated carbocycles. The molecule has 0 aromatic heterocycles. The van der Waals surface area contributed by atoms with E-state index >= 15 is 0 Å². The van der Waals surface area contributed by atoms with Crippen LogP contribution in [-0.2, 0) is 9.59 Å². The lowest BCUT2D eigenvalue weighted by Gasteiger charge is -2.18. The van der Waals surface area contributed by atoms with Gasteiger partial charge in [0.25, 0.3) is 11.8 Å². The molecule has 6 nitrogen and oxygen atoms in total. The first-order chi connectivity index (χ1) is 15.7. The zero-order valence-electron chi connectivity index (χ0n) is 17.7. The molecular weight excluding hydrogens is 463 g/mol. The van der Waals surface area contributed by atoms with Crippen molar-refractivity contribution in [1.29, 1.82) is 0 Å². The van der Waals surface area contributed by atoms with Crippen LogP contribution in [0.4, 0.5) is 11.4 Å². The molecule has 8 heteroatoms. The highest BCUT2D eigenvalue weighted by Crippen LogP contribution is 2.32. The minimum absolute atomic E-state index is 0.0316. The number of carbonyl (C=O) groups excluding carboxylic acids is 3. The van der Waals surface area contributed by atoms with Crippen molar-refractivity contribution in [1.82, 2.24) is 0 Å². The van der Waals surface area contributed by atoms with E-state index in [-0.39, 0.29) is 10.7 Å². The van der Waals surface area contributed by atoms with Crippen molar-refractivity contribution in [3.05, 3.63) is 99.2 Å². The zero-order valence-corrected chi connectivity index (χ0v) is 19.2. The van der Waals surface area contributed by atoms with Gasteiger partial charge in [-0.3, -0.25) is 9.59 Å². The predicted octanol–water partition coefficient (Wildman–Crippen LogP) is 5.61. The summed E-state index contributed by atoms with van der Waals surface area (Å²) in [5.74, 6) is -1.39. The summed E-state index contributed by atoms with van der Waals surface area (Å²) in [6, 6.07) is 18.2. The summed E-state index contributed by atoms with van der Waals surface area (Å²) in [6.07, 6.45) is 0. The summed E-state index contributed by atoms with van der Waals surface area (Å²) >= 11 is 12.1. The van der Waals surface area contributed by atoms with E-state index in [1.165, 1.54) is 18.2 Å². The number of nitrogens with one attached hydrogen (secondary N) is 1. The summed E-state index contributed by atoms with van der Waals surface area (Å²) in [7, 11) is 0. The van der Waals surface area contributed by atoms with Gasteiger partial charge < -0.3 is 10.1 Å². The normalized spacial score (nSPS) is 13.5. The van der Waals surface area contributed by atoms with Crippen molar-refractivity contribution in [2.45, 2.75) is 13.8 Å². The van der Waals surface area contributed by atoms with Gasteiger partial charge in [0.15, 0.2) is 0 Å². The maximum atomic E-state index is 13.0. The van der Waals surface area contributed by atoms with Gasteiger partial charge in [-0.15, -0.1) is 0 Å². The molecule has 1 aliphatic rings. The van der Waals surface area contributed by atoms with Crippen LogP contribution >= 0.6 is 23.2 Å². The lowest BCUT2D eigenvalue weighted by molar-refractivity contribution is -0.120. The van der Waals surface area contributed by atoms with Gasteiger partial charge in [-0.2, -0.15) is 0 Å². The average molecular weight is 481 g/mol. The average Bonchev–Trinajstić information content (AvgIpc) is 2.98. The minimum atomic E-state index is -0.599. The molecule has 0 bridgehead atoms. The van der Waals surface area contributed by atoms with Gasteiger partial charge in [0.2, 0.25) is 0 Å². The molecule has 0 spiro atoms. The Hall–Kier alpha value is -3.61. The SMILES string of the molecule is Cc1ccc(N2C(=O)C(Cl)=C(Nc3ccc(C(=O)Oc4cccc(Cl)c4)cc3)C2=O)c(C)c1.